The predicted octanol–water partition coefficient (Wildman–Crippen LogP) is 0.431. The Labute approximate surface area is 68.3 Å². The fourth-order valence-corrected chi connectivity index (χ4v) is 0.853. The van der Waals surface area contributed by atoms with E-state index >= 15 is 0 Å². The molecule has 1 rings (SSSR count). The van der Waals surface area contributed by atoms with Crippen LogP contribution in [0.15, 0.2) is 12.3 Å². The smallest absolute Gasteiger partial charge is 0.412 e. The Bertz CT molecular complexity index is 238. The summed E-state index contributed by atoms with van der Waals surface area (Å²) in [6.45, 7) is 0.111. The van der Waals surface area contributed by atoms with Crippen LogP contribution in [0.25, 0.3) is 0 Å². The molecule has 2 amide bonds. The first-order valence-corrected chi connectivity index (χ1v) is 3.25. The molecule has 0 spiro atoms. The zero-order chi connectivity index (χ0) is 9.14. The van der Waals surface area contributed by atoms with Crippen LogP contribution in [0.2, 0.25) is 0 Å². The fourth-order valence-electron chi connectivity index (χ4n) is 0.853. The molecule has 12 heavy (non-hydrogen) atoms. The maximum Gasteiger partial charge on any atom is 0.412 e. The summed E-state index contributed by atoms with van der Waals surface area (Å²) >= 11 is 0. The van der Waals surface area contributed by atoms with E-state index in [0.717, 1.165) is 9.80 Å². The van der Waals surface area contributed by atoms with E-state index in [-0.39, 0.29) is 13.2 Å². The van der Waals surface area contributed by atoms with Crippen molar-refractivity contribution in [1.29, 1.82) is 0 Å². The molecule has 6 heteroatoms. The van der Waals surface area contributed by atoms with Crippen LogP contribution < -0.4 is 0 Å². The maximum atomic E-state index is 10.4. The first-order valence-electron chi connectivity index (χ1n) is 3.25. The van der Waals surface area contributed by atoms with E-state index in [2.05, 4.69) is 0 Å². The van der Waals surface area contributed by atoms with Crippen molar-refractivity contribution in [2.45, 2.75) is 0 Å². The van der Waals surface area contributed by atoms with E-state index in [0.29, 0.717) is 0 Å². The highest BCUT2D eigenvalue weighted by atomic mass is 16.4. The Morgan fingerprint density at radius 2 is 1.92 bits per heavy atom. The quantitative estimate of drug-likeness (QED) is 0.555. The van der Waals surface area contributed by atoms with Gasteiger partial charge in [0.05, 0.1) is 0 Å². The summed E-state index contributed by atoms with van der Waals surface area (Å²) in [4.78, 5) is 22.7. The molecule has 0 aliphatic carbocycles. The van der Waals surface area contributed by atoms with E-state index in [1.807, 2.05) is 0 Å². The van der Waals surface area contributed by atoms with Crippen molar-refractivity contribution in [2.24, 2.45) is 0 Å². The molecular weight excluding hydrogens is 164 g/mol. The lowest BCUT2D eigenvalue weighted by Crippen LogP contribution is -2.43. The second kappa shape index (κ2) is 3.12. The summed E-state index contributed by atoms with van der Waals surface area (Å²) in [6.07, 6.45) is 0.552. The number of hydrogen-bond donors (Lipinski definition) is 2. The van der Waals surface area contributed by atoms with Crippen molar-refractivity contribution in [3.8, 4) is 0 Å². The summed E-state index contributed by atoms with van der Waals surface area (Å²) in [7, 11) is 0. The van der Waals surface area contributed by atoms with E-state index in [4.69, 9.17) is 10.2 Å². The molecule has 1 heterocycles. The van der Waals surface area contributed by atoms with Crippen LogP contribution in [-0.2, 0) is 0 Å². The molecule has 1 aliphatic heterocycles. The van der Waals surface area contributed by atoms with Crippen molar-refractivity contribution >= 4 is 12.2 Å². The van der Waals surface area contributed by atoms with Crippen LogP contribution >= 0.6 is 0 Å². The van der Waals surface area contributed by atoms with Gasteiger partial charge in [0.1, 0.15) is 6.67 Å². The minimum atomic E-state index is -1.16. The maximum absolute atomic E-state index is 10.4. The average Bonchev–Trinajstić information content (AvgIpc) is 2.04. The van der Waals surface area contributed by atoms with Crippen molar-refractivity contribution in [2.75, 3.05) is 13.2 Å². The van der Waals surface area contributed by atoms with Gasteiger partial charge in [-0.3, -0.25) is 9.80 Å². The second-order valence-electron chi connectivity index (χ2n) is 2.28. The van der Waals surface area contributed by atoms with Crippen LogP contribution in [0.3, 0.4) is 0 Å². The molecule has 0 fully saturated rings. The molecule has 0 aromatic carbocycles. The normalized spacial score (nSPS) is 16.3. The lowest BCUT2D eigenvalue weighted by Gasteiger charge is -2.26. The van der Waals surface area contributed by atoms with Crippen LogP contribution in [0.5, 0.6) is 0 Å². The molecular formula is C6H8N2O4. The Morgan fingerprint density at radius 1 is 1.25 bits per heavy atom. The van der Waals surface area contributed by atoms with Gasteiger partial charge in [-0.2, -0.15) is 0 Å². The van der Waals surface area contributed by atoms with Crippen LogP contribution in [0.1, 0.15) is 0 Å². The van der Waals surface area contributed by atoms with Crippen LogP contribution in [-0.4, -0.2) is 45.4 Å². The summed E-state index contributed by atoms with van der Waals surface area (Å²) in [5.74, 6) is 0. The first kappa shape index (κ1) is 8.38. The van der Waals surface area contributed by atoms with E-state index in [9.17, 15) is 9.59 Å². The van der Waals surface area contributed by atoms with Crippen molar-refractivity contribution in [3.05, 3.63) is 12.3 Å². The molecule has 0 bridgehead atoms. The van der Waals surface area contributed by atoms with Crippen LogP contribution in [0.4, 0.5) is 9.59 Å². The van der Waals surface area contributed by atoms with E-state index in [1.54, 1.807) is 0 Å². The third-order valence-electron chi connectivity index (χ3n) is 1.45. The number of nitrogens with zero attached hydrogens (tertiary/aromatic N) is 2. The van der Waals surface area contributed by atoms with Gasteiger partial charge in [0, 0.05) is 12.7 Å². The molecule has 0 radical (unpaired) electrons. The van der Waals surface area contributed by atoms with Gasteiger partial charge in [-0.1, -0.05) is 0 Å². The van der Waals surface area contributed by atoms with Crippen molar-refractivity contribution in [1.82, 2.24) is 9.80 Å². The van der Waals surface area contributed by atoms with Gasteiger partial charge in [0.15, 0.2) is 0 Å². The van der Waals surface area contributed by atoms with Crippen LogP contribution in [0, 0.1) is 0 Å². The van der Waals surface area contributed by atoms with Crippen molar-refractivity contribution in [3.63, 3.8) is 0 Å². The predicted molar refractivity (Wildman–Crippen MR) is 38.6 cm³/mol. The Kier molecular flexibility index (Phi) is 2.18. The second-order valence-corrected chi connectivity index (χ2v) is 2.28. The summed E-state index contributed by atoms with van der Waals surface area (Å²) in [5, 5.41) is 17.0. The molecule has 0 saturated heterocycles. The lowest BCUT2D eigenvalue weighted by atomic mass is 10.4. The number of amides is 2. The number of carbonyl (C=O) groups is 2. The first-order chi connectivity index (χ1) is 5.61. The molecule has 0 aromatic heterocycles. The molecule has 2 N–H and O–H groups in total. The van der Waals surface area contributed by atoms with Gasteiger partial charge in [0.25, 0.3) is 0 Å². The number of carboxylic acid groups (broad SMARTS) is 2. The van der Waals surface area contributed by atoms with Gasteiger partial charge in [-0.15, -0.1) is 0 Å². The zero-order valence-corrected chi connectivity index (χ0v) is 6.17. The molecule has 66 valence electrons. The monoisotopic (exact) mass is 172 g/mol. The summed E-state index contributed by atoms with van der Waals surface area (Å²) in [5.41, 5.74) is 0. The van der Waals surface area contributed by atoms with Gasteiger partial charge >= 0.3 is 12.2 Å². The van der Waals surface area contributed by atoms with Gasteiger partial charge < -0.3 is 10.2 Å². The Hall–Kier alpha value is -1.72. The minimum Gasteiger partial charge on any atom is -0.465 e. The van der Waals surface area contributed by atoms with Gasteiger partial charge in [0.2, 0.25) is 0 Å². The summed E-state index contributed by atoms with van der Waals surface area (Å²) in [6, 6.07) is 0. The largest absolute Gasteiger partial charge is 0.465 e. The van der Waals surface area contributed by atoms with Gasteiger partial charge in [-0.25, -0.2) is 9.59 Å². The standard InChI is InChI=1S/C6H8N2O4/c9-5(10)7-2-1-3-8(4-7)6(11)12/h1-2H,3-4H2,(H,9,10)(H,11,12). The third-order valence-corrected chi connectivity index (χ3v) is 1.45. The zero-order valence-electron chi connectivity index (χ0n) is 6.17. The Morgan fingerprint density at radius 3 is 2.42 bits per heavy atom. The molecule has 0 unspecified atom stereocenters. The topological polar surface area (TPSA) is 81.1 Å². The molecule has 6 nitrogen and oxygen atoms in total. The minimum absolute atomic E-state index is 0.124. The SMILES string of the molecule is O=C(O)N1C=CCN(C(=O)O)C1. The molecule has 1 aliphatic rings. The van der Waals surface area contributed by atoms with Crippen molar-refractivity contribution < 1.29 is 19.8 Å². The molecule has 0 atom stereocenters. The highest BCUT2D eigenvalue weighted by Crippen LogP contribution is 2.03. The number of rotatable bonds is 0. The highest BCUT2D eigenvalue weighted by Gasteiger charge is 2.20. The highest BCUT2D eigenvalue weighted by molar-refractivity contribution is 5.69. The number of hydrogen-bond acceptors (Lipinski definition) is 2. The molecule has 0 aromatic rings. The average molecular weight is 172 g/mol. The Balaban J connectivity index is 2.63. The molecule has 0 saturated carbocycles. The van der Waals surface area contributed by atoms with Gasteiger partial charge in [-0.05, 0) is 6.08 Å². The van der Waals surface area contributed by atoms with E-state index < -0.39 is 12.2 Å². The fraction of sp³-hybridized carbons (Fsp3) is 0.333. The summed E-state index contributed by atoms with van der Waals surface area (Å²) < 4.78 is 0. The van der Waals surface area contributed by atoms with E-state index in [1.165, 1.54) is 12.3 Å². The third kappa shape index (κ3) is 1.66. The lowest BCUT2D eigenvalue weighted by molar-refractivity contribution is 0.109.